The minimum atomic E-state index is -2.48. The minimum absolute atomic E-state index is 0.459. The van der Waals surface area contributed by atoms with E-state index in [1.54, 1.807) is 4.98 Å². The summed E-state index contributed by atoms with van der Waals surface area (Å²) in [5.41, 5.74) is -4.90. The molecule has 4 atom stereocenters. The average molecular weight is 318 g/mol. The van der Waals surface area contributed by atoms with Gasteiger partial charge in [0.15, 0.2) is 11.8 Å². The van der Waals surface area contributed by atoms with E-state index in [4.69, 9.17) is 9.84 Å². The second-order valence-corrected chi connectivity index (χ2v) is 4.56. The molecule has 0 aromatic carbocycles. The SMILES string of the molecule is O=c1[nH]c(=O)n([C@@H]2O[C@H](CO)C(O)[C@]2(O)C#CCF)cc1F. The molecule has 1 fully saturated rings. The summed E-state index contributed by atoms with van der Waals surface area (Å²) in [6, 6.07) is 0. The number of nitrogens with one attached hydrogen (secondary N) is 1. The maximum Gasteiger partial charge on any atom is 0.330 e. The molecule has 2 rings (SSSR count). The molecule has 1 unspecified atom stereocenters. The Labute approximate surface area is 121 Å². The van der Waals surface area contributed by atoms with Crippen LogP contribution >= 0.6 is 0 Å². The number of hydrogen-bond acceptors (Lipinski definition) is 6. The highest BCUT2D eigenvalue weighted by Gasteiger charge is 2.56. The highest BCUT2D eigenvalue weighted by atomic mass is 19.1. The molecule has 4 N–H and O–H groups in total. The first-order valence-electron chi connectivity index (χ1n) is 6.09. The van der Waals surface area contributed by atoms with E-state index in [0.29, 0.717) is 10.8 Å². The van der Waals surface area contributed by atoms with Crippen LogP contribution in [0.5, 0.6) is 0 Å². The van der Waals surface area contributed by atoms with E-state index in [0.717, 1.165) is 0 Å². The fourth-order valence-corrected chi connectivity index (χ4v) is 2.14. The molecule has 8 nitrogen and oxygen atoms in total. The topological polar surface area (TPSA) is 125 Å². The fourth-order valence-electron chi connectivity index (χ4n) is 2.14. The number of ether oxygens (including phenoxy) is 1. The third kappa shape index (κ3) is 2.55. The summed E-state index contributed by atoms with van der Waals surface area (Å²) in [4.78, 5) is 24.4. The molecule has 0 spiro atoms. The second-order valence-electron chi connectivity index (χ2n) is 4.56. The van der Waals surface area contributed by atoms with Crippen LogP contribution in [0.3, 0.4) is 0 Å². The monoisotopic (exact) mass is 318 g/mol. The number of rotatable bonds is 2. The lowest BCUT2D eigenvalue weighted by molar-refractivity contribution is -0.0770. The fraction of sp³-hybridized carbons (Fsp3) is 0.500. The predicted octanol–water partition coefficient (Wildman–Crippen LogP) is -2.37. The Balaban J connectivity index is 2.59. The molecular formula is C12H12F2N2O6. The molecule has 1 aliphatic heterocycles. The van der Waals surface area contributed by atoms with Gasteiger partial charge in [-0.2, -0.15) is 4.39 Å². The van der Waals surface area contributed by atoms with Crippen molar-refractivity contribution < 1.29 is 28.8 Å². The molecule has 0 bridgehead atoms. The van der Waals surface area contributed by atoms with Crippen molar-refractivity contribution in [3.8, 4) is 11.8 Å². The van der Waals surface area contributed by atoms with Gasteiger partial charge in [0.05, 0.1) is 12.8 Å². The normalized spacial score (nSPS) is 30.9. The summed E-state index contributed by atoms with van der Waals surface area (Å²) in [6.07, 6.45) is -4.42. The Morgan fingerprint density at radius 3 is 2.77 bits per heavy atom. The summed E-state index contributed by atoms with van der Waals surface area (Å²) >= 11 is 0. The van der Waals surface area contributed by atoms with Crippen molar-refractivity contribution in [3.05, 3.63) is 32.9 Å². The van der Waals surface area contributed by atoms with Gasteiger partial charge in [-0.25, -0.2) is 9.18 Å². The number of halogens is 2. The van der Waals surface area contributed by atoms with Crippen LogP contribution < -0.4 is 11.2 Å². The lowest BCUT2D eigenvalue weighted by atomic mass is 9.94. The van der Waals surface area contributed by atoms with Crippen LogP contribution in [0.2, 0.25) is 0 Å². The third-order valence-corrected chi connectivity index (χ3v) is 3.20. The van der Waals surface area contributed by atoms with E-state index in [1.165, 1.54) is 0 Å². The summed E-state index contributed by atoms with van der Waals surface area (Å²) in [7, 11) is 0. The molecule has 120 valence electrons. The lowest BCUT2D eigenvalue weighted by Crippen LogP contribution is -2.48. The van der Waals surface area contributed by atoms with Crippen molar-refractivity contribution in [2.45, 2.75) is 24.0 Å². The number of alkyl halides is 1. The van der Waals surface area contributed by atoms with Crippen molar-refractivity contribution in [3.63, 3.8) is 0 Å². The summed E-state index contributed by atoms with van der Waals surface area (Å²) < 4.78 is 31.1. The molecule has 0 amide bonds. The third-order valence-electron chi connectivity index (χ3n) is 3.20. The van der Waals surface area contributed by atoms with Gasteiger partial charge in [0.2, 0.25) is 5.82 Å². The summed E-state index contributed by atoms with van der Waals surface area (Å²) in [6.45, 7) is -1.89. The van der Waals surface area contributed by atoms with Gasteiger partial charge >= 0.3 is 5.69 Å². The Bertz CT molecular complexity index is 736. The molecule has 10 heteroatoms. The summed E-state index contributed by atoms with van der Waals surface area (Å²) in [5.74, 6) is 2.54. The quantitative estimate of drug-likeness (QED) is 0.452. The highest BCUT2D eigenvalue weighted by molar-refractivity contribution is 5.23. The van der Waals surface area contributed by atoms with E-state index in [-0.39, 0.29) is 0 Å². The first-order chi connectivity index (χ1) is 10.3. The number of aromatic nitrogens is 2. The molecule has 2 heterocycles. The first-order valence-corrected chi connectivity index (χ1v) is 6.09. The molecule has 0 aliphatic carbocycles. The van der Waals surface area contributed by atoms with Crippen molar-refractivity contribution in [1.82, 2.24) is 9.55 Å². The van der Waals surface area contributed by atoms with Crippen molar-refractivity contribution in [2.24, 2.45) is 0 Å². The van der Waals surface area contributed by atoms with Crippen LogP contribution in [0.25, 0.3) is 0 Å². The van der Waals surface area contributed by atoms with Crippen LogP contribution in [-0.2, 0) is 4.74 Å². The standard InChI is InChI=1S/C12H12F2N2O6/c13-3-1-2-12(21)8(18)7(5-17)22-10(12)16-4-6(14)9(19)15-11(16)20/h4,7-8,10,17-18,21H,3,5H2,(H,15,19,20)/t7-,8?,10-,12-/m1/s1. The number of aliphatic hydroxyl groups is 3. The summed E-state index contributed by atoms with van der Waals surface area (Å²) in [5, 5.41) is 29.4. The van der Waals surface area contributed by atoms with Gasteiger partial charge in [0.25, 0.3) is 5.56 Å². The van der Waals surface area contributed by atoms with Gasteiger partial charge in [-0.15, -0.1) is 0 Å². The van der Waals surface area contributed by atoms with Crippen molar-refractivity contribution >= 4 is 0 Å². The van der Waals surface area contributed by atoms with E-state index < -0.39 is 54.4 Å². The number of hydrogen-bond donors (Lipinski definition) is 4. The smallest absolute Gasteiger partial charge is 0.330 e. The van der Waals surface area contributed by atoms with E-state index in [1.807, 2.05) is 11.8 Å². The molecule has 22 heavy (non-hydrogen) atoms. The molecule has 1 aliphatic rings. The van der Waals surface area contributed by atoms with Gasteiger partial charge in [0, 0.05) is 0 Å². The molecule has 0 radical (unpaired) electrons. The molecule has 1 aromatic rings. The van der Waals surface area contributed by atoms with E-state index >= 15 is 0 Å². The predicted molar refractivity (Wildman–Crippen MR) is 67.0 cm³/mol. The number of nitrogens with zero attached hydrogens (tertiary/aromatic N) is 1. The zero-order chi connectivity index (χ0) is 16.5. The van der Waals surface area contributed by atoms with E-state index in [9.17, 15) is 28.6 Å². The van der Waals surface area contributed by atoms with Gasteiger partial charge in [-0.3, -0.25) is 14.3 Å². The first kappa shape index (κ1) is 16.3. The Kier molecular flexibility index (Phi) is 4.43. The Hall–Kier alpha value is -2.06. The Morgan fingerprint density at radius 1 is 1.50 bits per heavy atom. The maximum atomic E-state index is 13.3. The second kappa shape index (κ2) is 5.98. The van der Waals surface area contributed by atoms with Crippen LogP contribution in [0.1, 0.15) is 6.23 Å². The van der Waals surface area contributed by atoms with E-state index in [2.05, 4.69) is 0 Å². The van der Waals surface area contributed by atoms with Crippen molar-refractivity contribution in [2.75, 3.05) is 13.3 Å². The van der Waals surface area contributed by atoms with Crippen LogP contribution in [0.4, 0.5) is 8.78 Å². The zero-order valence-electron chi connectivity index (χ0n) is 11.0. The van der Waals surface area contributed by atoms with Gasteiger partial charge < -0.3 is 20.1 Å². The Morgan fingerprint density at radius 2 is 2.18 bits per heavy atom. The highest BCUT2D eigenvalue weighted by Crippen LogP contribution is 2.37. The van der Waals surface area contributed by atoms with Crippen LogP contribution in [-0.4, -0.2) is 56.0 Å². The molecule has 1 saturated heterocycles. The average Bonchev–Trinajstić information content (AvgIpc) is 2.73. The van der Waals surface area contributed by atoms with Gasteiger partial charge in [0.1, 0.15) is 18.9 Å². The van der Waals surface area contributed by atoms with Crippen molar-refractivity contribution in [1.29, 1.82) is 0 Å². The lowest BCUT2D eigenvalue weighted by Gasteiger charge is -2.26. The van der Waals surface area contributed by atoms with Gasteiger partial charge in [-0.05, 0) is 0 Å². The van der Waals surface area contributed by atoms with Crippen LogP contribution in [0.15, 0.2) is 15.8 Å². The largest absolute Gasteiger partial charge is 0.394 e. The number of aliphatic hydroxyl groups excluding tert-OH is 2. The van der Waals surface area contributed by atoms with Crippen LogP contribution in [0, 0.1) is 17.7 Å². The maximum absolute atomic E-state index is 13.3. The molecule has 0 saturated carbocycles. The number of aromatic amines is 1. The molecule has 1 aromatic heterocycles. The minimum Gasteiger partial charge on any atom is -0.394 e. The van der Waals surface area contributed by atoms with Gasteiger partial charge in [-0.1, -0.05) is 11.8 Å². The zero-order valence-corrected chi connectivity index (χ0v) is 11.0. The number of H-pyrrole nitrogens is 1. The molecular weight excluding hydrogens is 306 g/mol.